The first-order valence-corrected chi connectivity index (χ1v) is 25.0. The Morgan fingerprint density at radius 3 is 2.02 bits per heavy atom. The van der Waals surface area contributed by atoms with Crippen LogP contribution in [0.15, 0.2) is 46.6 Å². The average Bonchev–Trinajstić information content (AvgIpc) is 4.05. The number of fused-ring (bicyclic) bond motifs is 1. The van der Waals surface area contributed by atoms with Crippen LogP contribution in [-0.4, -0.2) is 44.9 Å². The number of benzene rings is 1. The molecular weight excluding hydrogens is 683 g/mol. The zero-order valence-corrected chi connectivity index (χ0v) is 33.9. The van der Waals surface area contributed by atoms with Crippen LogP contribution >= 0.6 is 0 Å². The van der Waals surface area contributed by atoms with E-state index in [1.54, 1.807) is 44.1 Å². The van der Waals surface area contributed by atoms with Crippen LogP contribution < -0.4 is 0 Å². The van der Waals surface area contributed by atoms with Crippen molar-refractivity contribution in [1.29, 1.82) is 0 Å². The molecule has 3 heteroatoms. The van der Waals surface area contributed by atoms with Crippen molar-refractivity contribution < 1.29 is 9.47 Å². The van der Waals surface area contributed by atoms with E-state index in [0.717, 1.165) is 150 Å². The fourth-order valence-corrected chi connectivity index (χ4v) is 26.4. The van der Waals surface area contributed by atoms with Gasteiger partial charge in [0, 0.05) is 43.5 Å². The van der Waals surface area contributed by atoms with Gasteiger partial charge < -0.3 is 9.47 Å². The van der Waals surface area contributed by atoms with Crippen LogP contribution in [0, 0.1) is 166 Å². The second-order valence-corrected chi connectivity index (χ2v) is 25.2. The molecule has 0 bridgehead atoms. The summed E-state index contributed by atoms with van der Waals surface area (Å²) in [5.74, 6) is 28.1. The Labute approximate surface area is 334 Å². The number of nitrogens with zero attached hydrogens (tertiary/aromatic N) is 1. The molecule has 13 saturated carbocycles. The average molecular weight is 746 g/mol. The van der Waals surface area contributed by atoms with E-state index in [4.69, 9.17) is 9.47 Å². The summed E-state index contributed by atoms with van der Waals surface area (Å²) in [6, 6.07) is 10.8. The van der Waals surface area contributed by atoms with Gasteiger partial charge in [-0.2, -0.15) is 0 Å². The minimum atomic E-state index is 0.421. The molecule has 28 atom stereocenters. The monoisotopic (exact) mass is 745 g/mol. The summed E-state index contributed by atoms with van der Waals surface area (Å²) in [6.45, 7) is 7.01. The van der Waals surface area contributed by atoms with E-state index >= 15 is 0 Å². The van der Waals surface area contributed by atoms with E-state index in [0.29, 0.717) is 18.1 Å². The first-order valence-electron chi connectivity index (χ1n) is 25.0. The van der Waals surface area contributed by atoms with Gasteiger partial charge in [-0.05, 0) is 206 Å². The lowest BCUT2D eigenvalue weighted by molar-refractivity contribution is -0.149. The Morgan fingerprint density at radius 1 is 0.625 bits per heavy atom. The number of hydrogen-bond donors (Lipinski definition) is 0. The number of ether oxygens (including phenoxy) is 2. The van der Waals surface area contributed by atoms with Crippen LogP contribution in [0.25, 0.3) is 0 Å². The van der Waals surface area contributed by atoms with Gasteiger partial charge in [-0.25, -0.2) is 0 Å². The van der Waals surface area contributed by atoms with E-state index in [-0.39, 0.29) is 0 Å². The number of likely N-dealkylation sites (tertiary alicyclic amines) is 1. The van der Waals surface area contributed by atoms with Gasteiger partial charge in [-0.1, -0.05) is 52.1 Å². The van der Waals surface area contributed by atoms with Crippen molar-refractivity contribution in [2.45, 2.75) is 64.3 Å². The van der Waals surface area contributed by atoms with E-state index in [2.05, 4.69) is 58.4 Å². The van der Waals surface area contributed by atoms with Gasteiger partial charge in [0.1, 0.15) is 0 Å². The Morgan fingerprint density at radius 2 is 1.25 bits per heavy atom. The van der Waals surface area contributed by atoms with Crippen molar-refractivity contribution in [2.24, 2.45) is 159 Å². The highest BCUT2D eigenvalue weighted by Crippen LogP contribution is 2.93. The van der Waals surface area contributed by atoms with Crippen molar-refractivity contribution in [3.8, 4) is 0 Å². The van der Waals surface area contributed by atoms with Crippen molar-refractivity contribution >= 4 is 0 Å². The Bertz CT molecular complexity index is 2120. The highest BCUT2D eigenvalue weighted by atomic mass is 16.5. The molecule has 0 aromatic heterocycles. The first-order chi connectivity index (χ1) is 27.7. The smallest absolute Gasteiger partial charge is 0.0700 e. The lowest BCUT2D eigenvalue weighted by Gasteiger charge is -2.62. The third-order valence-electron chi connectivity index (χ3n) is 25.3. The molecule has 292 valence electrons. The standard InChI is InChI=1S/C53H63NO2/c1-20-3-5-21(6-4-20)52-53-18-28-16-26-14-23-11-22-12-25-13-24-15-27-17-29(30(53)19-54(52)7-8-56-10-9-55-2)38-43-34(27)33(24)40-35(25)39-31(22)32(23)41-36(26)42-37(28)51(53)50(38)49-47(42)45(41)44(39)46(40)48(43)49/h3-6,22-26,28,30-33,35-37,39-52H,7-19H2,1-2H3. The highest BCUT2D eigenvalue weighted by molar-refractivity contribution is 5.56. The Balaban J connectivity index is 0.909. The molecule has 1 aliphatic heterocycles. The molecule has 3 nitrogen and oxygen atoms in total. The van der Waals surface area contributed by atoms with Crippen LogP contribution in [0.2, 0.25) is 0 Å². The first kappa shape index (κ1) is 30.6. The van der Waals surface area contributed by atoms with Crippen LogP contribution in [0.4, 0.5) is 0 Å². The zero-order chi connectivity index (χ0) is 35.6. The molecule has 1 spiro atoms. The molecule has 1 aromatic rings. The van der Waals surface area contributed by atoms with Crippen LogP contribution in [-0.2, 0) is 9.47 Å². The van der Waals surface area contributed by atoms with Crippen molar-refractivity contribution in [2.75, 3.05) is 40.0 Å². The summed E-state index contributed by atoms with van der Waals surface area (Å²) in [6.07, 6.45) is 12.9. The fraction of sp³-hybridized carbons (Fsp3) is 0.811. The number of allylic oxidation sites excluding steroid dienone is 3. The quantitative estimate of drug-likeness (QED) is 0.206. The molecule has 1 saturated heterocycles. The van der Waals surface area contributed by atoms with Crippen LogP contribution in [0.5, 0.6) is 0 Å². The Kier molecular flexibility index (Phi) is 5.13. The molecule has 28 unspecified atom stereocenters. The van der Waals surface area contributed by atoms with Gasteiger partial charge in [0.05, 0.1) is 19.8 Å². The van der Waals surface area contributed by atoms with E-state index in [9.17, 15) is 0 Å². The van der Waals surface area contributed by atoms with Gasteiger partial charge in [0.25, 0.3) is 0 Å². The largest absolute Gasteiger partial charge is 0.382 e. The van der Waals surface area contributed by atoms with Gasteiger partial charge in [0.15, 0.2) is 0 Å². The van der Waals surface area contributed by atoms with Gasteiger partial charge >= 0.3 is 0 Å². The third kappa shape index (κ3) is 2.82. The maximum absolute atomic E-state index is 6.39. The van der Waals surface area contributed by atoms with Crippen molar-refractivity contribution in [1.82, 2.24) is 4.90 Å². The molecule has 1 aromatic carbocycles. The topological polar surface area (TPSA) is 21.7 Å². The Hall–Kier alpha value is -1.42. The van der Waals surface area contributed by atoms with Gasteiger partial charge in [0.2, 0.25) is 0 Å². The number of methoxy groups -OCH3 is 1. The third-order valence-corrected chi connectivity index (χ3v) is 25.3. The lowest BCUT2D eigenvalue weighted by atomic mass is 9.41. The molecule has 16 aliphatic carbocycles. The minimum Gasteiger partial charge on any atom is -0.382 e. The SMILES string of the molecule is COCCOCCN1CC2C3=C4C5C6=C(C3)CC3CC7CC8CC9CC%10CC%11CC2(C2C4C4C5C5C(C63)C7C3C8C9C6C%10C(C4C6C35)C%112)C1c1ccc(C)cc1. The number of rotatable bonds is 7. The summed E-state index contributed by atoms with van der Waals surface area (Å²) in [4.78, 5) is 3.08. The second kappa shape index (κ2) is 9.39. The van der Waals surface area contributed by atoms with E-state index < -0.39 is 0 Å². The summed E-state index contributed by atoms with van der Waals surface area (Å²) in [5.41, 5.74) is 12.2. The summed E-state index contributed by atoms with van der Waals surface area (Å²) < 4.78 is 11.8. The molecule has 1 heterocycles. The molecule has 18 rings (SSSR count). The zero-order valence-electron chi connectivity index (χ0n) is 33.9. The maximum atomic E-state index is 6.39. The number of hydrogen-bond acceptors (Lipinski definition) is 3. The highest BCUT2D eigenvalue weighted by Gasteiger charge is 2.88. The van der Waals surface area contributed by atoms with Crippen molar-refractivity contribution in [3.05, 3.63) is 57.7 Å². The molecule has 14 fully saturated rings. The normalized spacial score (nSPS) is 65.5. The lowest BCUT2D eigenvalue weighted by Crippen LogP contribution is -2.59. The van der Waals surface area contributed by atoms with E-state index in [1.807, 2.05) is 7.11 Å². The maximum Gasteiger partial charge on any atom is 0.0700 e. The van der Waals surface area contributed by atoms with E-state index in [1.165, 1.54) is 48.6 Å². The summed E-state index contributed by atoms with van der Waals surface area (Å²) >= 11 is 0. The summed E-state index contributed by atoms with van der Waals surface area (Å²) in [5, 5.41) is 0. The predicted molar refractivity (Wildman–Crippen MR) is 212 cm³/mol. The molecule has 0 amide bonds. The predicted octanol–water partition coefficient (Wildman–Crippen LogP) is 8.95. The van der Waals surface area contributed by atoms with Crippen LogP contribution in [0.3, 0.4) is 0 Å². The number of aryl methyl sites for hydroxylation is 1. The molecular formula is C53H63NO2. The van der Waals surface area contributed by atoms with Crippen LogP contribution in [0.1, 0.15) is 68.5 Å². The fourth-order valence-electron chi connectivity index (χ4n) is 26.4. The molecule has 17 aliphatic rings. The molecule has 0 N–H and O–H groups in total. The summed E-state index contributed by atoms with van der Waals surface area (Å²) in [7, 11) is 1.82. The molecule has 0 radical (unpaired) electrons. The molecule has 56 heavy (non-hydrogen) atoms. The van der Waals surface area contributed by atoms with Gasteiger partial charge in [-0.3, -0.25) is 4.90 Å². The van der Waals surface area contributed by atoms with Crippen molar-refractivity contribution in [3.63, 3.8) is 0 Å². The van der Waals surface area contributed by atoms with Gasteiger partial charge in [-0.15, -0.1) is 0 Å². The minimum absolute atomic E-state index is 0.421. The second-order valence-electron chi connectivity index (χ2n) is 25.2.